The Morgan fingerprint density at radius 3 is 2.44 bits per heavy atom. The summed E-state index contributed by atoms with van der Waals surface area (Å²) in [7, 11) is 0. The topological polar surface area (TPSA) is 0 Å². The van der Waals surface area contributed by atoms with Crippen molar-refractivity contribution in [2.45, 2.75) is 72.6 Å². The van der Waals surface area contributed by atoms with E-state index in [1.54, 1.807) is 11.1 Å². The summed E-state index contributed by atoms with van der Waals surface area (Å²) in [6.07, 6.45) is 15.1. The van der Waals surface area contributed by atoms with Crippen molar-refractivity contribution in [3.05, 3.63) is 36.0 Å². The molecule has 0 aromatic heterocycles. The molecule has 0 amide bonds. The minimum absolute atomic E-state index is 0.887. The molecule has 0 aliphatic carbocycles. The van der Waals surface area contributed by atoms with E-state index >= 15 is 0 Å². The monoisotopic (exact) mass is 248 g/mol. The second-order valence-electron chi connectivity index (χ2n) is 5.23. The Labute approximate surface area is 115 Å². The Morgan fingerprint density at radius 1 is 1.22 bits per heavy atom. The Bertz CT molecular complexity index is 268. The maximum absolute atomic E-state index is 3.72. The van der Waals surface area contributed by atoms with Crippen LogP contribution in [0, 0.1) is 5.92 Å². The van der Waals surface area contributed by atoms with Gasteiger partial charge in [0.2, 0.25) is 0 Å². The fourth-order valence-electron chi connectivity index (χ4n) is 2.40. The summed E-state index contributed by atoms with van der Waals surface area (Å²) in [6, 6.07) is 0. The van der Waals surface area contributed by atoms with Crippen LogP contribution in [0.1, 0.15) is 72.6 Å². The van der Waals surface area contributed by atoms with Gasteiger partial charge in [0, 0.05) is 0 Å². The average Bonchev–Trinajstić information content (AvgIpc) is 2.39. The van der Waals surface area contributed by atoms with Gasteiger partial charge in [0.1, 0.15) is 0 Å². The molecule has 0 nitrogen and oxygen atoms in total. The van der Waals surface area contributed by atoms with E-state index in [1.165, 1.54) is 38.5 Å². The first-order chi connectivity index (χ1) is 8.69. The Balaban J connectivity index is 4.48. The lowest BCUT2D eigenvalue weighted by atomic mass is 9.88. The van der Waals surface area contributed by atoms with Gasteiger partial charge >= 0.3 is 0 Å². The summed E-state index contributed by atoms with van der Waals surface area (Å²) < 4.78 is 0. The zero-order valence-corrected chi connectivity index (χ0v) is 13.0. The molecule has 0 heterocycles. The highest BCUT2D eigenvalue weighted by molar-refractivity contribution is 5.16. The van der Waals surface area contributed by atoms with Gasteiger partial charge in [0.25, 0.3) is 0 Å². The van der Waals surface area contributed by atoms with Crippen molar-refractivity contribution in [1.82, 2.24) is 0 Å². The molecule has 0 fully saturated rings. The normalized spacial score (nSPS) is 14.7. The lowest BCUT2D eigenvalue weighted by Crippen LogP contribution is -2.02. The first-order valence-corrected chi connectivity index (χ1v) is 7.64. The van der Waals surface area contributed by atoms with E-state index in [-0.39, 0.29) is 0 Å². The summed E-state index contributed by atoms with van der Waals surface area (Å²) in [5.41, 5.74) is 3.23. The van der Waals surface area contributed by atoms with Gasteiger partial charge < -0.3 is 0 Å². The zero-order chi connectivity index (χ0) is 13.8. The molecule has 104 valence electrons. The molecular formula is C18H32. The number of allylic oxidation sites excluding steroid dienone is 5. The van der Waals surface area contributed by atoms with Gasteiger partial charge in [-0.2, -0.15) is 0 Å². The molecule has 0 aliphatic rings. The van der Waals surface area contributed by atoms with E-state index in [0.29, 0.717) is 0 Å². The van der Waals surface area contributed by atoms with Crippen molar-refractivity contribution in [2.75, 3.05) is 0 Å². The molecule has 0 rings (SSSR count). The van der Waals surface area contributed by atoms with E-state index in [1.807, 2.05) is 12.2 Å². The van der Waals surface area contributed by atoms with E-state index in [4.69, 9.17) is 0 Å². The van der Waals surface area contributed by atoms with Gasteiger partial charge in [-0.05, 0) is 32.1 Å². The van der Waals surface area contributed by atoms with Crippen LogP contribution in [0.25, 0.3) is 0 Å². The van der Waals surface area contributed by atoms with Crippen molar-refractivity contribution in [2.24, 2.45) is 5.92 Å². The largest absolute Gasteiger partial charge is 0.0991 e. The average molecular weight is 248 g/mol. The SMILES string of the molecule is C=CC=CCC(C)=C(CC)CC(CC)CCCC. The summed E-state index contributed by atoms with van der Waals surface area (Å²) >= 11 is 0. The zero-order valence-electron chi connectivity index (χ0n) is 13.0. The first-order valence-electron chi connectivity index (χ1n) is 7.64. The number of rotatable bonds is 10. The minimum atomic E-state index is 0.887. The standard InChI is InChI=1S/C18H32/c1-6-10-12-13-16(5)18(9-4)15-17(8-3)14-11-7-2/h6,10,12,17H,1,7-9,11,13-15H2,2-5H3. The lowest BCUT2D eigenvalue weighted by Gasteiger charge is -2.18. The van der Waals surface area contributed by atoms with Gasteiger partial charge in [-0.15, -0.1) is 0 Å². The Hall–Kier alpha value is -0.780. The third-order valence-corrected chi connectivity index (χ3v) is 3.80. The fourth-order valence-corrected chi connectivity index (χ4v) is 2.40. The van der Waals surface area contributed by atoms with Crippen LogP contribution in [0.2, 0.25) is 0 Å². The van der Waals surface area contributed by atoms with Crippen LogP contribution in [0.15, 0.2) is 36.0 Å². The number of unbranched alkanes of at least 4 members (excludes halogenated alkanes) is 1. The smallest absolute Gasteiger partial charge is 0.0136 e. The fraction of sp³-hybridized carbons (Fsp3) is 0.667. The Kier molecular flexibility index (Phi) is 10.8. The highest BCUT2D eigenvalue weighted by Crippen LogP contribution is 2.26. The minimum Gasteiger partial charge on any atom is -0.0991 e. The molecule has 0 saturated carbocycles. The molecule has 1 atom stereocenters. The van der Waals surface area contributed by atoms with Gasteiger partial charge in [-0.3, -0.25) is 0 Å². The van der Waals surface area contributed by atoms with Crippen LogP contribution >= 0.6 is 0 Å². The van der Waals surface area contributed by atoms with Gasteiger partial charge in [0.05, 0.1) is 0 Å². The molecule has 18 heavy (non-hydrogen) atoms. The van der Waals surface area contributed by atoms with Gasteiger partial charge in [-0.25, -0.2) is 0 Å². The summed E-state index contributed by atoms with van der Waals surface area (Å²) in [6.45, 7) is 12.9. The molecule has 0 N–H and O–H groups in total. The predicted molar refractivity (Wildman–Crippen MR) is 84.9 cm³/mol. The van der Waals surface area contributed by atoms with Crippen LogP contribution in [0.5, 0.6) is 0 Å². The molecule has 0 saturated heterocycles. The third kappa shape index (κ3) is 7.53. The highest BCUT2D eigenvalue weighted by atomic mass is 14.2. The van der Waals surface area contributed by atoms with Crippen molar-refractivity contribution < 1.29 is 0 Å². The summed E-state index contributed by atoms with van der Waals surface area (Å²) in [5, 5.41) is 0. The van der Waals surface area contributed by atoms with Crippen LogP contribution < -0.4 is 0 Å². The van der Waals surface area contributed by atoms with E-state index in [9.17, 15) is 0 Å². The van der Waals surface area contributed by atoms with Crippen LogP contribution in [-0.4, -0.2) is 0 Å². The molecule has 0 heteroatoms. The molecular weight excluding hydrogens is 216 g/mol. The second kappa shape index (κ2) is 11.3. The van der Waals surface area contributed by atoms with Crippen molar-refractivity contribution >= 4 is 0 Å². The third-order valence-electron chi connectivity index (χ3n) is 3.80. The molecule has 1 unspecified atom stereocenters. The predicted octanol–water partition coefficient (Wildman–Crippen LogP) is 6.45. The quantitative estimate of drug-likeness (QED) is 0.308. The van der Waals surface area contributed by atoms with E-state index in [2.05, 4.69) is 40.3 Å². The van der Waals surface area contributed by atoms with Crippen molar-refractivity contribution in [3.8, 4) is 0 Å². The van der Waals surface area contributed by atoms with Gasteiger partial charge in [0.15, 0.2) is 0 Å². The molecule has 0 aromatic rings. The van der Waals surface area contributed by atoms with Crippen LogP contribution in [0.3, 0.4) is 0 Å². The van der Waals surface area contributed by atoms with Crippen molar-refractivity contribution in [3.63, 3.8) is 0 Å². The number of hydrogen-bond acceptors (Lipinski definition) is 0. The van der Waals surface area contributed by atoms with Crippen molar-refractivity contribution in [1.29, 1.82) is 0 Å². The van der Waals surface area contributed by atoms with E-state index in [0.717, 1.165) is 12.3 Å². The Morgan fingerprint density at radius 2 is 1.94 bits per heavy atom. The summed E-state index contributed by atoms with van der Waals surface area (Å²) in [5.74, 6) is 0.887. The maximum Gasteiger partial charge on any atom is -0.0136 e. The molecule has 0 aromatic carbocycles. The lowest BCUT2D eigenvalue weighted by molar-refractivity contribution is 0.442. The first kappa shape index (κ1) is 17.2. The molecule has 0 radical (unpaired) electrons. The second-order valence-corrected chi connectivity index (χ2v) is 5.23. The summed E-state index contributed by atoms with van der Waals surface area (Å²) in [4.78, 5) is 0. The molecule has 0 aliphatic heterocycles. The number of hydrogen-bond donors (Lipinski definition) is 0. The molecule has 0 spiro atoms. The van der Waals surface area contributed by atoms with E-state index < -0.39 is 0 Å². The van der Waals surface area contributed by atoms with Crippen LogP contribution in [0.4, 0.5) is 0 Å². The van der Waals surface area contributed by atoms with Gasteiger partial charge in [-0.1, -0.05) is 82.4 Å². The molecule has 0 bridgehead atoms. The maximum atomic E-state index is 3.72. The van der Waals surface area contributed by atoms with Crippen LogP contribution in [-0.2, 0) is 0 Å². The highest BCUT2D eigenvalue weighted by Gasteiger charge is 2.09.